The molecule has 0 radical (unpaired) electrons. The zero-order valence-electron chi connectivity index (χ0n) is 6.46. The quantitative estimate of drug-likeness (QED) is 0.645. The minimum Gasteiger partial charge on any atom is -0.378 e. The second kappa shape index (κ2) is 3.59. The number of carbonyl (C=O) groups is 1. The summed E-state index contributed by atoms with van der Waals surface area (Å²) >= 11 is 1.40. The summed E-state index contributed by atoms with van der Waals surface area (Å²) in [5.41, 5.74) is 0.741. The van der Waals surface area contributed by atoms with Gasteiger partial charge in [0.2, 0.25) is 0 Å². The Hall–Kier alpha value is -0.740. The fourth-order valence-corrected chi connectivity index (χ4v) is 1.56. The van der Waals surface area contributed by atoms with Crippen LogP contribution < -0.4 is 0 Å². The van der Waals surface area contributed by atoms with Crippen molar-refractivity contribution in [3.8, 4) is 0 Å². The van der Waals surface area contributed by atoms with E-state index < -0.39 is 0 Å². The smallest absolute Gasteiger partial charge is 0.162 e. The molecule has 0 aromatic carbocycles. The Bertz CT molecular complexity index is 257. The van der Waals surface area contributed by atoms with Crippen molar-refractivity contribution in [1.82, 2.24) is 4.98 Å². The van der Waals surface area contributed by atoms with E-state index >= 15 is 0 Å². The number of aryl methyl sites for hydroxylation is 1. The lowest BCUT2D eigenvalue weighted by Gasteiger charge is -1.92. The standard InChI is InChI=1S/C7H9NO2S/c1-5-8-6(4-10-2)7(3-9)11-5/h3H,4H2,1-2H3. The topological polar surface area (TPSA) is 39.2 Å². The van der Waals surface area contributed by atoms with E-state index in [4.69, 9.17) is 4.74 Å². The van der Waals surface area contributed by atoms with Crippen molar-refractivity contribution in [2.24, 2.45) is 0 Å². The van der Waals surface area contributed by atoms with Gasteiger partial charge in [0.1, 0.15) is 0 Å². The molecular formula is C7H9NO2S. The number of rotatable bonds is 3. The molecule has 1 aromatic rings. The van der Waals surface area contributed by atoms with Gasteiger partial charge in [0.25, 0.3) is 0 Å². The molecule has 0 spiro atoms. The summed E-state index contributed by atoms with van der Waals surface area (Å²) < 4.78 is 4.87. The Kier molecular flexibility index (Phi) is 2.73. The van der Waals surface area contributed by atoms with Crippen molar-refractivity contribution in [2.75, 3.05) is 7.11 Å². The molecule has 1 rings (SSSR count). The number of carbonyl (C=O) groups excluding carboxylic acids is 1. The molecule has 1 aromatic heterocycles. The van der Waals surface area contributed by atoms with E-state index in [1.54, 1.807) is 7.11 Å². The third-order valence-corrected chi connectivity index (χ3v) is 2.16. The first kappa shape index (κ1) is 8.36. The van der Waals surface area contributed by atoms with Crippen molar-refractivity contribution >= 4 is 17.6 Å². The fourth-order valence-electron chi connectivity index (χ4n) is 0.818. The molecule has 11 heavy (non-hydrogen) atoms. The molecule has 0 aliphatic heterocycles. The minimum atomic E-state index is 0.415. The second-order valence-corrected chi connectivity index (χ2v) is 3.33. The maximum absolute atomic E-state index is 10.4. The molecule has 0 atom stereocenters. The van der Waals surface area contributed by atoms with Crippen LogP contribution in [0.15, 0.2) is 0 Å². The van der Waals surface area contributed by atoms with Gasteiger partial charge in [-0.25, -0.2) is 4.98 Å². The van der Waals surface area contributed by atoms with E-state index in [1.165, 1.54) is 11.3 Å². The summed E-state index contributed by atoms with van der Waals surface area (Å²) in [6.45, 7) is 2.29. The van der Waals surface area contributed by atoms with E-state index in [0.717, 1.165) is 17.0 Å². The monoisotopic (exact) mass is 171 g/mol. The molecule has 3 nitrogen and oxygen atoms in total. The summed E-state index contributed by atoms with van der Waals surface area (Å²) in [6.07, 6.45) is 0.818. The van der Waals surface area contributed by atoms with Crippen LogP contribution in [0.4, 0.5) is 0 Å². The maximum Gasteiger partial charge on any atom is 0.162 e. The van der Waals surface area contributed by atoms with Crippen LogP contribution in [-0.2, 0) is 11.3 Å². The predicted octanol–water partition coefficient (Wildman–Crippen LogP) is 1.41. The molecule has 0 saturated carbocycles. The molecule has 0 amide bonds. The van der Waals surface area contributed by atoms with Gasteiger partial charge in [0.15, 0.2) is 6.29 Å². The molecule has 4 heteroatoms. The zero-order chi connectivity index (χ0) is 8.27. The van der Waals surface area contributed by atoms with Crippen LogP contribution in [0.1, 0.15) is 20.4 Å². The highest BCUT2D eigenvalue weighted by Crippen LogP contribution is 2.15. The van der Waals surface area contributed by atoms with Crippen LogP contribution in [0.5, 0.6) is 0 Å². The third-order valence-electron chi connectivity index (χ3n) is 1.22. The molecule has 0 aliphatic rings. The summed E-state index contributed by atoms with van der Waals surface area (Å²) in [5, 5.41) is 0.902. The first-order valence-corrected chi connectivity index (χ1v) is 4.00. The maximum atomic E-state index is 10.4. The average molecular weight is 171 g/mol. The van der Waals surface area contributed by atoms with Gasteiger partial charge in [-0.15, -0.1) is 11.3 Å². The number of hydrogen-bond acceptors (Lipinski definition) is 4. The molecule has 60 valence electrons. The van der Waals surface area contributed by atoms with Crippen molar-refractivity contribution in [3.63, 3.8) is 0 Å². The Morgan fingerprint density at radius 1 is 1.73 bits per heavy atom. The number of thiazole rings is 1. The van der Waals surface area contributed by atoms with Gasteiger partial charge in [-0.2, -0.15) is 0 Å². The van der Waals surface area contributed by atoms with Crippen molar-refractivity contribution in [3.05, 3.63) is 15.6 Å². The Morgan fingerprint density at radius 2 is 2.45 bits per heavy atom. The SMILES string of the molecule is COCc1nc(C)sc1C=O. The van der Waals surface area contributed by atoms with Crippen molar-refractivity contribution in [2.45, 2.75) is 13.5 Å². The molecule has 0 N–H and O–H groups in total. The Labute approximate surface area is 69.0 Å². The largest absolute Gasteiger partial charge is 0.378 e. The summed E-state index contributed by atoms with van der Waals surface area (Å²) in [6, 6.07) is 0. The van der Waals surface area contributed by atoms with Crippen molar-refractivity contribution < 1.29 is 9.53 Å². The van der Waals surface area contributed by atoms with Gasteiger partial charge in [0, 0.05) is 7.11 Å². The molecule has 0 fully saturated rings. The number of ether oxygens (including phenoxy) is 1. The van der Waals surface area contributed by atoms with E-state index in [9.17, 15) is 4.79 Å². The van der Waals surface area contributed by atoms with Crippen LogP contribution in [0, 0.1) is 6.92 Å². The van der Waals surface area contributed by atoms with Crippen molar-refractivity contribution in [1.29, 1.82) is 0 Å². The Morgan fingerprint density at radius 3 is 3.00 bits per heavy atom. The van der Waals surface area contributed by atoms with Gasteiger partial charge in [-0.3, -0.25) is 4.79 Å². The fraction of sp³-hybridized carbons (Fsp3) is 0.429. The lowest BCUT2D eigenvalue weighted by Crippen LogP contribution is -1.91. The van der Waals surface area contributed by atoms with E-state index in [0.29, 0.717) is 11.5 Å². The predicted molar refractivity (Wildman–Crippen MR) is 43.0 cm³/mol. The van der Waals surface area contributed by atoms with Crippen LogP contribution in [0.3, 0.4) is 0 Å². The number of methoxy groups -OCH3 is 1. The Balaban J connectivity index is 2.92. The van der Waals surface area contributed by atoms with Gasteiger partial charge < -0.3 is 4.74 Å². The molecule has 0 saturated heterocycles. The van der Waals surface area contributed by atoms with E-state index in [1.807, 2.05) is 6.92 Å². The third kappa shape index (κ3) is 1.85. The second-order valence-electron chi connectivity index (χ2n) is 2.09. The summed E-state index contributed by atoms with van der Waals surface area (Å²) in [7, 11) is 1.59. The summed E-state index contributed by atoms with van der Waals surface area (Å²) in [5.74, 6) is 0. The molecule has 1 heterocycles. The average Bonchev–Trinajstić information content (AvgIpc) is 2.32. The lowest BCUT2D eigenvalue weighted by atomic mass is 10.4. The minimum absolute atomic E-state index is 0.415. The highest BCUT2D eigenvalue weighted by molar-refractivity contribution is 7.13. The first-order valence-electron chi connectivity index (χ1n) is 3.18. The first-order chi connectivity index (χ1) is 5.27. The van der Waals surface area contributed by atoms with Crippen LogP contribution in [0.25, 0.3) is 0 Å². The van der Waals surface area contributed by atoms with Gasteiger partial charge in [-0.1, -0.05) is 0 Å². The van der Waals surface area contributed by atoms with Gasteiger partial charge in [0.05, 0.1) is 22.2 Å². The molecule has 0 aliphatic carbocycles. The lowest BCUT2D eigenvalue weighted by molar-refractivity contribution is 0.112. The van der Waals surface area contributed by atoms with Gasteiger partial charge >= 0.3 is 0 Å². The normalized spacial score (nSPS) is 10.0. The molecular weight excluding hydrogens is 162 g/mol. The number of aldehydes is 1. The van der Waals surface area contributed by atoms with Crippen LogP contribution in [-0.4, -0.2) is 18.4 Å². The van der Waals surface area contributed by atoms with Crippen LogP contribution >= 0.6 is 11.3 Å². The molecule has 0 unspecified atom stereocenters. The highest BCUT2D eigenvalue weighted by atomic mass is 32.1. The number of nitrogens with zero attached hydrogens (tertiary/aromatic N) is 1. The number of aromatic nitrogens is 1. The van der Waals surface area contributed by atoms with E-state index in [2.05, 4.69) is 4.98 Å². The summed E-state index contributed by atoms with van der Waals surface area (Å²) in [4.78, 5) is 15.2. The van der Waals surface area contributed by atoms with E-state index in [-0.39, 0.29) is 0 Å². The highest BCUT2D eigenvalue weighted by Gasteiger charge is 2.06. The van der Waals surface area contributed by atoms with Crippen LogP contribution in [0.2, 0.25) is 0 Å². The molecule has 0 bridgehead atoms. The number of hydrogen-bond donors (Lipinski definition) is 0. The van der Waals surface area contributed by atoms with Gasteiger partial charge in [-0.05, 0) is 6.92 Å². The zero-order valence-corrected chi connectivity index (χ0v) is 7.27.